The number of hydrogen-bond acceptors (Lipinski definition) is 2. The van der Waals surface area contributed by atoms with E-state index >= 15 is 0 Å². The molecular weight excluding hydrogens is 450 g/mol. The van der Waals surface area contributed by atoms with E-state index in [4.69, 9.17) is 23.2 Å². The lowest BCUT2D eigenvalue weighted by atomic mass is 10.1. The topological polar surface area (TPSA) is 54.3 Å². The molecule has 4 aromatic rings. The van der Waals surface area contributed by atoms with Crippen LogP contribution in [0.1, 0.15) is 27.2 Å². The van der Waals surface area contributed by atoms with Crippen LogP contribution in [0.25, 0.3) is 10.9 Å². The van der Waals surface area contributed by atoms with E-state index in [2.05, 4.69) is 5.32 Å². The summed E-state index contributed by atoms with van der Waals surface area (Å²) < 4.78 is 15.2. The van der Waals surface area contributed by atoms with Gasteiger partial charge in [0, 0.05) is 39.6 Å². The number of aromatic nitrogens is 1. The van der Waals surface area contributed by atoms with Crippen LogP contribution in [0, 0.1) is 5.82 Å². The molecule has 0 spiro atoms. The maximum absolute atomic E-state index is 13.5. The number of hydrogen-bond donors (Lipinski definition) is 2. The highest BCUT2D eigenvalue weighted by Gasteiger charge is 2.22. The van der Waals surface area contributed by atoms with Crippen molar-refractivity contribution in [2.75, 3.05) is 6.54 Å². The van der Waals surface area contributed by atoms with Crippen LogP contribution in [0.4, 0.5) is 4.39 Å². The van der Waals surface area contributed by atoms with Gasteiger partial charge in [0.15, 0.2) is 0 Å². The molecule has 32 heavy (non-hydrogen) atoms. The first kappa shape index (κ1) is 22.3. The second kappa shape index (κ2) is 9.74. The first-order chi connectivity index (χ1) is 15.4. The summed E-state index contributed by atoms with van der Waals surface area (Å²) in [6.45, 7) is 1.32. The zero-order valence-electron chi connectivity index (χ0n) is 17.1. The average molecular weight is 471 g/mol. The first-order valence-corrected chi connectivity index (χ1v) is 10.9. The van der Waals surface area contributed by atoms with E-state index in [1.165, 1.54) is 12.1 Å². The minimum atomic E-state index is -1.02. The summed E-state index contributed by atoms with van der Waals surface area (Å²) in [5, 5.41) is 15.2. The largest absolute Gasteiger partial charge is 0.477 e. The van der Waals surface area contributed by atoms with Crippen LogP contribution in [-0.2, 0) is 19.5 Å². The van der Waals surface area contributed by atoms with Crippen molar-refractivity contribution in [1.29, 1.82) is 0 Å². The molecule has 0 atom stereocenters. The lowest BCUT2D eigenvalue weighted by Crippen LogP contribution is -2.19. The highest BCUT2D eigenvalue weighted by molar-refractivity contribution is 6.31. The number of halogens is 3. The fourth-order valence-electron chi connectivity index (χ4n) is 3.88. The van der Waals surface area contributed by atoms with E-state index in [0.717, 1.165) is 22.9 Å². The minimum absolute atomic E-state index is 0.200. The summed E-state index contributed by atoms with van der Waals surface area (Å²) in [6.07, 6.45) is 0.795. The van der Waals surface area contributed by atoms with Crippen molar-refractivity contribution in [2.45, 2.75) is 19.5 Å². The predicted octanol–water partition coefficient (Wildman–Crippen LogP) is 6.17. The number of benzene rings is 3. The van der Waals surface area contributed by atoms with Crippen molar-refractivity contribution < 1.29 is 14.3 Å². The van der Waals surface area contributed by atoms with Crippen LogP contribution in [-0.4, -0.2) is 22.2 Å². The third kappa shape index (κ3) is 4.80. The molecule has 4 nitrogen and oxygen atoms in total. The molecule has 0 aliphatic rings. The molecule has 0 radical (unpaired) electrons. The summed E-state index contributed by atoms with van der Waals surface area (Å²) in [4.78, 5) is 12.3. The van der Waals surface area contributed by atoms with E-state index in [0.29, 0.717) is 29.2 Å². The van der Waals surface area contributed by atoms with Gasteiger partial charge in [0.25, 0.3) is 0 Å². The SMILES string of the molecule is O=C(O)c1c(CNCCc2ccc(Cl)cc2)c2ccccc2n1Cc1ccc(F)cc1Cl. The van der Waals surface area contributed by atoms with Crippen LogP contribution < -0.4 is 5.32 Å². The molecule has 0 unspecified atom stereocenters. The van der Waals surface area contributed by atoms with Crippen molar-refractivity contribution in [3.05, 3.63) is 105 Å². The van der Waals surface area contributed by atoms with Crippen molar-refractivity contribution in [2.24, 2.45) is 0 Å². The smallest absolute Gasteiger partial charge is 0.352 e. The normalized spacial score (nSPS) is 11.2. The summed E-state index contributed by atoms with van der Waals surface area (Å²) in [7, 11) is 0. The van der Waals surface area contributed by atoms with E-state index < -0.39 is 11.8 Å². The third-order valence-corrected chi connectivity index (χ3v) is 6.03. The van der Waals surface area contributed by atoms with Gasteiger partial charge in [-0.1, -0.05) is 59.6 Å². The second-order valence-electron chi connectivity index (χ2n) is 7.52. The fourth-order valence-corrected chi connectivity index (χ4v) is 4.23. The van der Waals surface area contributed by atoms with Gasteiger partial charge in [-0.05, 0) is 54.4 Å². The molecular formula is C25H21Cl2FN2O2. The van der Waals surface area contributed by atoms with Crippen LogP contribution in [0.3, 0.4) is 0 Å². The van der Waals surface area contributed by atoms with Gasteiger partial charge in [-0.25, -0.2) is 9.18 Å². The molecule has 0 amide bonds. The Hall–Kier alpha value is -2.86. The average Bonchev–Trinajstić information content (AvgIpc) is 3.08. The van der Waals surface area contributed by atoms with Crippen molar-refractivity contribution >= 4 is 40.1 Å². The maximum Gasteiger partial charge on any atom is 0.352 e. The van der Waals surface area contributed by atoms with Gasteiger partial charge in [-0.2, -0.15) is 0 Å². The van der Waals surface area contributed by atoms with Crippen molar-refractivity contribution in [1.82, 2.24) is 9.88 Å². The number of fused-ring (bicyclic) bond motifs is 1. The molecule has 3 aromatic carbocycles. The number of para-hydroxylation sites is 1. The molecule has 0 bridgehead atoms. The number of carboxylic acids is 1. The fraction of sp³-hybridized carbons (Fsp3) is 0.160. The van der Waals surface area contributed by atoms with Crippen molar-refractivity contribution in [3.63, 3.8) is 0 Å². The maximum atomic E-state index is 13.5. The van der Waals surface area contributed by atoms with Gasteiger partial charge in [-0.15, -0.1) is 0 Å². The highest BCUT2D eigenvalue weighted by atomic mass is 35.5. The Labute approximate surface area is 195 Å². The molecule has 4 rings (SSSR count). The monoisotopic (exact) mass is 470 g/mol. The van der Waals surface area contributed by atoms with E-state index in [1.807, 2.05) is 48.5 Å². The van der Waals surface area contributed by atoms with Gasteiger partial charge < -0.3 is 15.0 Å². The predicted molar refractivity (Wildman–Crippen MR) is 126 cm³/mol. The summed E-state index contributed by atoms with van der Waals surface area (Å²) >= 11 is 12.2. The molecule has 2 N–H and O–H groups in total. The Morgan fingerprint density at radius 2 is 1.78 bits per heavy atom. The van der Waals surface area contributed by atoms with E-state index in [9.17, 15) is 14.3 Å². The molecule has 0 aliphatic heterocycles. The molecule has 1 aromatic heterocycles. The number of carboxylic acid groups (broad SMARTS) is 1. The highest BCUT2D eigenvalue weighted by Crippen LogP contribution is 2.29. The van der Waals surface area contributed by atoms with Gasteiger partial charge in [0.2, 0.25) is 0 Å². The van der Waals surface area contributed by atoms with Crippen LogP contribution in [0.2, 0.25) is 10.0 Å². The molecule has 0 fully saturated rings. The number of aromatic carboxylic acids is 1. The van der Waals surface area contributed by atoms with Gasteiger partial charge >= 0.3 is 5.97 Å². The quantitative estimate of drug-likeness (QED) is 0.303. The standard InChI is InChI=1S/C25H21Cl2FN2O2/c26-18-8-5-16(6-9-18)11-12-29-14-21-20-3-1-2-4-23(20)30(24(21)25(31)32)15-17-7-10-19(28)13-22(17)27/h1-10,13,29H,11-12,14-15H2,(H,31,32). The number of nitrogens with zero attached hydrogens (tertiary/aromatic N) is 1. The van der Waals surface area contributed by atoms with Crippen LogP contribution >= 0.6 is 23.2 Å². The minimum Gasteiger partial charge on any atom is -0.477 e. The van der Waals surface area contributed by atoms with E-state index in [-0.39, 0.29) is 17.3 Å². The van der Waals surface area contributed by atoms with Gasteiger partial charge in [-0.3, -0.25) is 0 Å². The van der Waals surface area contributed by atoms with Crippen LogP contribution in [0.5, 0.6) is 0 Å². The molecule has 164 valence electrons. The first-order valence-electron chi connectivity index (χ1n) is 10.2. The molecule has 0 saturated carbocycles. The Bertz CT molecular complexity index is 1270. The lowest BCUT2D eigenvalue weighted by Gasteiger charge is -2.11. The summed E-state index contributed by atoms with van der Waals surface area (Å²) in [5.41, 5.74) is 3.50. The number of carbonyl (C=O) groups is 1. The van der Waals surface area contributed by atoms with Crippen LogP contribution in [0.15, 0.2) is 66.7 Å². The molecule has 0 saturated heterocycles. The zero-order valence-corrected chi connectivity index (χ0v) is 18.6. The Morgan fingerprint density at radius 3 is 2.50 bits per heavy atom. The Morgan fingerprint density at radius 1 is 1.03 bits per heavy atom. The molecule has 7 heteroatoms. The molecule has 0 aliphatic carbocycles. The van der Waals surface area contributed by atoms with E-state index in [1.54, 1.807) is 10.6 Å². The number of rotatable bonds is 8. The van der Waals surface area contributed by atoms with Gasteiger partial charge in [0.05, 0.1) is 0 Å². The van der Waals surface area contributed by atoms with Crippen molar-refractivity contribution in [3.8, 4) is 0 Å². The summed E-state index contributed by atoms with van der Waals surface area (Å²) in [6, 6.07) is 19.4. The Kier molecular flexibility index (Phi) is 6.80. The lowest BCUT2D eigenvalue weighted by molar-refractivity contribution is 0.0684. The summed E-state index contributed by atoms with van der Waals surface area (Å²) in [5.74, 6) is -1.45. The number of nitrogens with one attached hydrogen (secondary N) is 1. The third-order valence-electron chi connectivity index (χ3n) is 5.43. The molecule has 1 heterocycles. The second-order valence-corrected chi connectivity index (χ2v) is 8.37. The zero-order chi connectivity index (χ0) is 22.7. The Balaban J connectivity index is 1.62. The van der Waals surface area contributed by atoms with Gasteiger partial charge in [0.1, 0.15) is 11.5 Å².